The molecule has 7 nitrogen and oxygen atoms in total. The maximum atomic E-state index is 13.6. The zero-order chi connectivity index (χ0) is 25.6. The first-order chi connectivity index (χ1) is 16.0. The molecular weight excluding hydrogens is 462 g/mol. The van der Waals surface area contributed by atoms with E-state index in [-0.39, 0.29) is 33.0 Å². The van der Waals surface area contributed by atoms with E-state index in [2.05, 4.69) is 13.0 Å². The summed E-state index contributed by atoms with van der Waals surface area (Å²) in [6.45, 7) is 13.4. The standard InChI is InChI=1S/C26H37O7P.Li.H/c1-14-11-15(2)24(17(4)16(14)3)26(27)34-25-22(32-19(6)29-9)12-21(31-18(5)28-8)13-23(25)33-20(7)30-10;;/h11-13,18-20,34H,1-10H3;;. The Labute approximate surface area is 223 Å². The van der Waals surface area contributed by atoms with E-state index in [0.29, 0.717) is 22.6 Å². The van der Waals surface area contributed by atoms with Crippen LogP contribution in [0.3, 0.4) is 0 Å². The topological polar surface area (TPSA) is 72.5 Å². The minimum atomic E-state index is -0.549. The normalized spacial score (nSPS) is 13.8. The van der Waals surface area contributed by atoms with Gasteiger partial charge < -0.3 is 28.4 Å². The fourth-order valence-corrected chi connectivity index (χ4v) is 4.69. The first-order valence-corrected chi connectivity index (χ1v) is 12.2. The predicted molar refractivity (Wildman–Crippen MR) is 143 cm³/mol. The summed E-state index contributed by atoms with van der Waals surface area (Å²) in [6.07, 6.45) is -1.59. The summed E-state index contributed by atoms with van der Waals surface area (Å²) >= 11 is 0. The Morgan fingerprint density at radius 2 is 1.17 bits per heavy atom. The van der Waals surface area contributed by atoms with Crippen LogP contribution in [-0.2, 0) is 14.2 Å². The van der Waals surface area contributed by atoms with Gasteiger partial charge in [-0.3, -0.25) is 4.79 Å². The van der Waals surface area contributed by atoms with Crippen molar-refractivity contribution in [1.82, 2.24) is 0 Å². The summed E-state index contributed by atoms with van der Waals surface area (Å²) < 4.78 is 33.8. The number of aryl methyl sites for hydroxylation is 2. The van der Waals surface area contributed by atoms with Gasteiger partial charge in [0.05, 0.1) is 5.30 Å². The van der Waals surface area contributed by atoms with Crippen LogP contribution < -0.4 is 19.5 Å². The third kappa shape index (κ3) is 8.22. The number of hydrogen-bond acceptors (Lipinski definition) is 7. The Balaban J connectivity index is 0.00000612. The first kappa shape index (κ1) is 31.4. The molecule has 2 rings (SSSR count). The Morgan fingerprint density at radius 1 is 0.714 bits per heavy atom. The van der Waals surface area contributed by atoms with E-state index in [1.807, 2.05) is 20.8 Å². The van der Waals surface area contributed by atoms with Crippen LogP contribution in [0.4, 0.5) is 0 Å². The summed E-state index contributed by atoms with van der Waals surface area (Å²) in [4.78, 5) is 13.6. The van der Waals surface area contributed by atoms with Gasteiger partial charge in [0.25, 0.3) is 0 Å². The molecule has 0 N–H and O–H groups in total. The van der Waals surface area contributed by atoms with Gasteiger partial charge in [-0.2, -0.15) is 0 Å². The average molecular weight is 500 g/mol. The molecule has 0 saturated carbocycles. The van der Waals surface area contributed by atoms with Crippen molar-refractivity contribution in [1.29, 1.82) is 0 Å². The second-order valence-electron chi connectivity index (χ2n) is 8.15. The van der Waals surface area contributed by atoms with Crippen molar-refractivity contribution in [3.05, 3.63) is 46.0 Å². The maximum absolute atomic E-state index is 13.6. The molecule has 0 amide bonds. The molecule has 2 aromatic rings. The van der Waals surface area contributed by atoms with Crippen molar-refractivity contribution in [2.24, 2.45) is 0 Å². The predicted octanol–water partition coefficient (Wildman–Crippen LogP) is 4.53. The van der Waals surface area contributed by atoms with Crippen LogP contribution in [0, 0.1) is 27.7 Å². The van der Waals surface area contributed by atoms with E-state index in [1.165, 1.54) is 5.56 Å². The number of ether oxygens (including phenoxy) is 6. The molecule has 0 aliphatic rings. The summed E-state index contributed by atoms with van der Waals surface area (Å²) in [6, 6.07) is 5.51. The first-order valence-electron chi connectivity index (χ1n) is 11.2. The molecule has 0 bridgehead atoms. The molecule has 0 spiro atoms. The van der Waals surface area contributed by atoms with Gasteiger partial charge in [-0.05, 0) is 79.3 Å². The minimum absolute atomic E-state index is 0. The van der Waals surface area contributed by atoms with Crippen molar-refractivity contribution >= 4 is 38.3 Å². The third-order valence-corrected chi connectivity index (χ3v) is 6.97. The third-order valence-electron chi connectivity index (χ3n) is 5.75. The Kier molecular flexibility index (Phi) is 12.8. The number of carbonyl (C=O) groups is 1. The van der Waals surface area contributed by atoms with E-state index in [1.54, 1.807) is 54.2 Å². The van der Waals surface area contributed by atoms with Crippen LogP contribution in [-0.4, -0.2) is 64.6 Å². The molecule has 0 aliphatic heterocycles. The number of benzene rings is 2. The molecule has 9 heteroatoms. The number of rotatable bonds is 12. The SMILES string of the molecule is COC(C)Oc1cc(OC(C)OC)c(PC(=O)c2c(C)cc(C)c(C)c2C)c(OC(C)OC)c1.[LiH]. The van der Waals surface area contributed by atoms with Crippen molar-refractivity contribution in [3.63, 3.8) is 0 Å². The van der Waals surface area contributed by atoms with Gasteiger partial charge in [0.2, 0.25) is 0 Å². The van der Waals surface area contributed by atoms with Gasteiger partial charge in [0, 0.05) is 39.0 Å². The van der Waals surface area contributed by atoms with Crippen molar-refractivity contribution in [3.8, 4) is 17.2 Å². The fourth-order valence-electron chi connectivity index (χ4n) is 3.45. The van der Waals surface area contributed by atoms with E-state index in [9.17, 15) is 4.79 Å². The number of methoxy groups -OCH3 is 3. The van der Waals surface area contributed by atoms with Crippen molar-refractivity contribution < 1.29 is 33.2 Å². The molecule has 0 saturated heterocycles. The van der Waals surface area contributed by atoms with E-state index < -0.39 is 18.9 Å². The van der Waals surface area contributed by atoms with Crippen LogP contribution in [0.15, 0.2) is 18.2 Å². The quantitative estimate of drug-likeness (QED) is 0.241. The van der Waals surface area contributed by atoms with Crippen LogP contribution >= 0.6 is 8.58 Å². The van der Waals surface area contributed by atoms with Crippen molar-refractivity contribution in [2.75, 3.05) is 21.3 Å². The van der Waals surface area contributed by atoms with Gasteiger partial charge in [0.1, 0.15) is 17.2 Å². The molecule has 0 fully saturated rings. The van der Waals surface area contributed by atoms with Crippen LogP contribution in [0.5, 0.6) is 17.2 Å². The fraction of sp³-hybridized carbons (Fsp3) is 0.500. The molecule has 0 radical (unpaired) electrons. The monoisotopic (exact) mass is 500 g/mol. The molecule has 4 atom stereocenters. The molecule has 0 aliphatic carbocycles. The van der Waals surface area contributed by atoms with Crippen LogP contribution in [0.25, 0.3) is 0 Å². The van der Waals surface area contributed by atoms with E-state index in [0.717, 1.165) is 22.3 Å². The zero-order valence-electron chi connectivity index (χ0n) is 21.8. The van der Waals surface area contributed by atoms with E-state index in [4.69, 9.17) is 28.4 Å². The molecule has 35 heavy (non-hydrogen) atoms. The summed E-state index contributed by atoms with van der Waals surface area (Å²) in [5.41, 5.74) is 4.95. The van der Waals surface area contributed by atoms with Gasteiger partial charge in [-0.1, -0.05) is 6.07 Å². The van der Waals surface area contributed by atoms with Gasteiger partial charge >= 0.3 is 18.9 Å². The molecular formula is C26H38LiO7P. The molecule has 190 valence electrons. The Morgan fingerprint density at radius 3 is 1.63 bits per heavy atom. The van der Waals surface area contributed by atoms with Gasteiger partial charge in [-0.15, -0.1) is 0 Å². The molecule has 2 aromatic carbocycles. The van der Waals surface area contributed by atoms with E-state index >= 15 is 0 Å². The number of carbonyl (C=O) groups excluding carboxylic acids is 1. The number of hydrogen-bond donors (Lipinski definition) is 0. The summed E-state index contributed by atoms with van der Waals surface area (Å²) in [5.74, 6) is 1.36. The summed E-state index contributed by atoms with van der Waals surface area (Å²) in [5, 5.41) is 0.618. The Hall–Kier alpha value is -1.58. The molecule has 4 unspecified atom stereocenters. The van der Waals surface area contributed by atoms with Gasteiger partial charge in [0.15, 0.2) is 24.4 Å². The van der Waals surface area contributed by atoms with Gasteiger partial charge in [-0.25, -0.2) is 0 Å². The second kappa shape index (κ2) is 14.2. The molecule has 0 heterocycles. The summed E-state index contributed by atoms with van der Waals surface area (Å²) in [7, 11) is 4.41. The zero-order valence-corrected chi connectivity index (χ0v) is 22.8. The molecule has 0 aromatic heterocycles. The average Bonchev–Trinajstić information content (AvgIpc) is 2.79. The van der Waals surface area contributed by atoms with Crippen molar-refractivity contribution in [2.45, 2.75) is 67.3 Å². The second-order valence-corrected chi connectivity index (χ2v) is 9.35. The van der Waals surface area contributed by atoms with Crippen LogP contribution in [0.2, 0.25) is 0 Å². The van der Waals surface area contributed by atoms with Crippen LogP contribution in [0.1, 0.15) is 53.4 Å². The Bertz CT molecular complexity index is 979.